The second kappa shape index (κ2) is 5.33. The maximum absolute atomic E-state index is 3.25. The summed E-state index contributed by atoms with van der Waals surface area (Å²) < 4.78 is 0. The summed E-state index contributed by atoms with van der Waals surface area (Å²) in [5.74, 6) is 0. The van der Waals surface area contributed by atoms with Gasteiger partial charge in [0.1, 0.15) is 0 Å². The molecule has 0 nitrogen and oxygen atoms in total. The molecule has 1 rings (SSSR count). The topological polar surface area (TPSA) is 0 Å². The van der Waals surface area contributed by atoms with Gasteiger partial charge in [0.15, 0.2) is 0 Å². The lowest BCUT2D eigenvalue weighted by molar-refractivity contribution is 1.62. The average molecular weight is 288 g/mol. The maximum Gasteiger partial charge on any atom is -0.0179 e. The van der Waals surface area contributed by atoms with Gasteiger partial charge in [-0.15, -0.1) is 0 Å². The monoisotopic (exact) mass is 286 g/mol. The number of hydrogen-bond donors (Lipinski definition) is 0. The largest absolute Gasteiger partial charge is 0.0616 e. The molecule has 0 saturated carbocycles. The molecule has 0 fully saturated rings. The summed E-state index contributed by atoms with van der Waals surface area (Å²) in [6, 6.07) is 8.18. The van der Waals surface area contributed by atoms with Crippen LogP contribution < -0.4 is 0 Å². The van der Waals surface area contributed by atoms with Gasteiger partial charge in [0.2, 0.25) is 0 Å². The Bertz CT molecular complexity index is 269. The van der Waals surface area contributed by atoms with Crippen LogP contribution in [-0.4, -0.2) is 0 Å². The van der Waals surface area contributed by atoms with Crippen LogP contribution in [0.3, 0.4) is 0 Å². The minimum Gasteiger partial charge on any atom is -0.0616 e. The summed E-state index contributed by atoms with van der Waals surface area (Å²) in [7, 11) is 0. The number of rotatable bonds is 2. The molecule has 12 heavy (non-hydrogen) atoms. The Morgan fingerprint density at radius 1 is 0.833 bits per heavy atom. The summed E-state index contributed by atoms with van der Waals surface area (Å²) >= 11 is 6.51. The van der Waals surface area contributed by atoms with Crippen molar-refractivity contribution >= 4 is 44.0 Å². The molecule has 0 amide bonds. The van der Waals surface area contributed by atoms with Crippen LogP contribution in [0.5, 0.6) is 0 Å². The highest BCUT2D eigenvalue weighted by Crippen LogP contribution is 2.13. The van der Waals surface area contributed by atoms with Gasteiger partial charge < -0.3 is 0 Å². The average Bonchev–Trinajstić information content (AvgIpc) is 2.09. The molecule has 0 N–H and O–H groups in total. The Kier molecular flexibility index (Phi) is 4.33. The van der Waals surface area contributed by atoms with Crippen molar-refractivity contribution in [3.05, 3.63) is 45.4 Å². The van der Waals surface area contributed by atoms with Crippen molar-refractivity contribution < 1.29 is 0 Å². The van der Waals surface area contributed by atoms with E-state index in [1.54, 1.807) is 0 Å². The summed E-state index contributed by atoms with van der Waals surface area (Å²) in [4.78, 5) is 3.71. The number of hydrogen-bond acceptors (Lipinski definition) is 0. The highest BCUT2D eigenvalue weighted by Gasteiger charge is 1.91. The Balaban J connectivity index is 3.08. The third-order valence-electron chi connectivity index (χ3n) is 1.48. The molecule has 0 atom stereocenters. The molecular formula is C10H8Br2. The molecule has 0 heterocycles. The Labute approximate surface area is 89.2 Å². The van der Waals surface area contributed by atoms with Crippen molar-refractivity contribution in [2.24, 2.45) is 0 Å². The summed E-state index contributed by atoms with van der Waals surface area (Å²) in [5.41, 5.74) is 2.40. The van der Waals surface area contributed by atoms with Gasteiger partial charge in [-0.1, -0.05) is 56.1 Å². The highest BCUT2D eigenvalue weighted by molar-refractivity contribution is 9.11. The quantitative estimate of drug-likeness (QED) is 0.755. The third kappa shape index (κ3) is 2.61. The normalized spacial score (nSPS) is 11.5. The first-order valence-corrected chi connectivity index (χ1v) is 5.34. The van der Waals surface area contributed by atoms with Crippen LogP contribution >= 0.6 is 31.9 Å². The van der Waals surface area contributed by atoms with Gasteiger partial charge in [-0.3, -0.25) is 0 Å². The van der Waals surface area contributed by atoms with Gasteiger partial charge in [-0.25, -0.2) is 0 Å². The van der Waals surface area contributed by atoms with E-state index in [1.165, 1.54) is 11.1 Å². The molecule has 0 aromatic heterocycles. The van der Waals surface area contributed by atoms with Crippen LogP contribution in [0.15, 0.2) is 34.2 Å². The third-order valence-corrected chi connectivity index (χ3v) is 2.01. The summed E-state index contributed by atoms with van der Waals surface area (Å²) in [6.07, 6.45) is 4.03. The smallest absolute Gasteiger partial charge is 0.0179 e. The van der Waals surface area contributed by atoms with Crippen LogP contribution in [0.25, 0.3) is 12.2 Å². The van der Waals surface area contributed by atoms with E-state index in [2.05, 4.69) is 44.0 Å². The second-order valence-corrected chi connectivity index (χ2v) is 3.27. The van der Waals surface area contributed by atoms with Crippen molar-refractivity contribution in [1.29, 1.82) is 0 Å². The van der Waals surface area contributed by atoms with Crippen LogP contribution in [0.4, 0.5) is 0 Å². The van der Waals surface area contributed by atoms with Crippen molar-refractivity contribution in [3.8, 4) is 0 Å². The fraction of sp³-hybridized carbons (Fsp3) is 0. The molecule has 2 heteroatoms. The predicted octanol–water partition coefficient (Wildman–Crippen LogP) is 4.42. The van der Waals surface area contributed by atoms with Gasteiger partial charge in [0.25, 0.3) is 0 Å². The Hall–Kier alpha value is -0.340. The van der Waals surface area contributed by atoms with Gasteiger partial charge in [0, 0.05) is 0 Å². The van der Waals surface area contributed by atoms with Gasteiger partial charge in [0.05, 0.1) is 0 Å². The minimum absolute atomic E-state index is 1.20. The molecule has 0 aliphatic rings. The zero-order chi connectivity index (χ0) is 8.81. The Morgan fingerprint density at radius 3 is 1.58 bits per heavy atom. The van der Waals surface area contributed by atoms with E-state index in [0.717, 1.165) is 0 Å². The van der Waals surface area contributed by atoms with Crippen molar-refractivity contribution in [3.63, 3.8) is 0 Å². The predicted molar refractivity (Wildman–Crippen MR) is 62.4 cm³/mol. The van der Waals surface area contributed by atoms with Crippen molar-refractivity contribution in [1.82, 2.24) is 0 Å². The zero-order valence-electron chi connectivity index (χ0n) is 6.37. The first kappa shape index (κ1) is 9.75. The maximum atomic E-state index is 3.25. The minimum atomic E-state index is 1.20. The lowest BCUT2D eigenvalue weighted by atomic mass is 10.1. The van der Waals surface area contributed by atoms with E-state index in [4.69, 9.17) is 0 Å². The molecule has 0 aliphatic heterocycles. The molecule has 0 aliphatic carbocycles. The first-order valence-electron chi connectivity index (χ1n) is 3.51. The zero-order valence-corrected chi connectivity index (χ0v) is 9.55. The lowest BCUT2D eigenvalue weighted by Crippen LogP contribution is -1.77. The molecule has 62 valence electrons. The first-order chi connectivity index (χ1) is 5.88. The molecule has 0 saturated heterocycles. The molecule has 0 unspecified atom stereocenters. The van der Waals surface area contributed by atoms with E-state index < -0.39 is 0 Å². The number of halogens is 2. The van der Waals surface area contributed by atoms with Gasteiger partial charge in [-0.2, -0.15) is 0 Å². The van der Waals surface area contributed by atoms with Crippen LogP contribution in [-0.2, 0) is 0 Å². The molecule has 0 bridgehead atoms. The van der Waals surface area contributed by atoms with E-state index in [1.807, 2.05) is 34.3 Å². The summed E-state index contributed by atoms with van der Waals surface area (Å²) in [6.45, 7) is 0. The Morgan fingerprint density at radius 2 is 1.25 bits per heavy atom. The fourth-order valence-corrected chi connectivity index (χ4v) is 1.52. The standard InChI is InChI=1S/C10H8Br2/c11-7-5-9-3-1-2-4-10(9)6-8-12/h1-8H. The SMILES string of the molecule is BrC=Cc1ccccc1C=CBr. The molecule has 1 aromatic carbocycles. The van der Waals surface area contributed by atoms with Crippen LogP contribution in [0, 0.1) is 0 Å². The van der Waals surface area contributed by atoms with E-state index >= 15 is 0 Å². The van der Waals surface area contributed by atoms with Crippen LogP contribution in [0.1, 0.15) is 11.1 Å². The molecule has 0 spiro atoms. The van der Waals surface area contributed by atoms with E-state index in [-0.39, 0.29) is 0 Å². The second-order valence-electron chi connectivity index (χ2n) is 2.21. The van der Waals surface area contributed by atoms with Crippen molar-refractivity contribution in [2.45, 2.75) is 0 Å². The van der Waals surface area contributed by atoms with E-state index in [9.17, 15) is 0 Å². The molecule has 0 radical (unpaired) electrons. The van der Waals surface area contributed by atoms with E-state index in [0.29, 0.717) is 0 Å². The summed E-state index contributed by atoms with van der Waals surface area (Å²) in [5, 5.41) is 0. The van der Waals surface area contributed by atoms with Gasteiger partial charge in [-0.05, 0) is 33.2 Å². The highest BCUT2D eigenvalue weighted by atomic mass is 79.9. The fourth-order valence-electron chi connectivity index (χ4n) is 0.950. The van der Waals surface area contributed by atoms with Crippen LogP contribution in [0.2, 0.25) is 0 Å². The molecule has 1 aromatic rings. The van der Waals surface area contributed by atoms with Crippen molar-refractivity contribution in [2.75, 3.05) is 0 Å². The van der Waals surface area contributed by atoms with Gasteiger partial charge >= 0.3 is 0 Å². The number of benzene rings is 1. The molecular weight excluding hydrogens is 280 g/mol. The lowest BCUT2D eigenvalue weighted by Gasteiger charge is -1.97.